The fraction of sp³-hybridized carbons (Fsp3) is 0.120. The normalized spacial score (nSPS) is 10.8. The van der Waals surface area contributed by atoms with Crippen molar-refractivity contribution < 1.29 is 9.53 Å². The van der Waals surface area contributed by atoms with Crippen LogP contribution in [0.3, 0.4) is 0 Å². The minimum absolute atomic E-state index is 0.195. The van der Waals surface area contributed by atoms with Crippen molar-refractivity contribution in [3.63, 3.8) is 0 Å². The Labute approximate surface area is 185 Å². The number of amides is 1. The van der Waals surface area contributed by atoms with Gasteiger partial charge in [0.2, 0.25) is 0 Å². The molecule has 6 heteroatoms. The van der Waals surface area contributed by atoms with E-state index < -0.39 is 0 Å². The van der Waals surface area contributed by atoms with Crippen LogP contribution in [0.25, 0.3) is 16.5 Å². The molecule has 5 nitrogen and oxygen atoms in total. The van der Waals surface area contributed by atoms with Gasteiger partial charge in [0.25, 0.3) is 11.5 Å². The number of benzene rings is 3. The molecule has 0 saturated carbocycles. The van der Waals surface area contributed by atoms with Gasteiger partial charge in [0.05, 0.1) is 12.7 Å². The highest BCUT2D eigenvalue weighted by Gasteiger charge is 2.21. The van der Waals surface area contributed by atoms with Gasteiger partial charge in [-0.3, -0.25) is 14.2 Å². The molecule has 0 radical (unpaired) electrons. The van der Waals surface area contributed by atoms with Crippen LogP contribution in [0.1, 0.15) is 15.9 Å². The summed E-state index contributed by atoms with van der Waals surface area (Å²) in [6, 6.07) is 19.7. The number of rotatable bonds is 4. The van der Waals surface area contributed by atoms with E-state index in [-0.39, 0.29) is 11.5 Å². The van der Waals surface area contributed by atoms with E-state index in [1.165, 1.54) is 4.57 Å². The number of fused-ring (bicyclic) bond motifs is 1. The number of hydrogen-bond donors (Lipinski definition) is 0. The van der Waals surface area contributed by atoms with Gasteiger partial charge in [-0.2, -0.15) is 0 Å². The Morgan fingerprint density at radius 1 is 1.00 bits per heavy atom. The van der Waals surface area contributed by atoms with Crippen molar-refractivity contribution in [2.45, 2.75) is 6.92 Å². The Morgan fingerprint density at radius 3 is 2.35 bits per heavy atom. The third kappa shape index (κ3) is 3.80. The summed E-state index contributed by atoms with van der Waals surface area (Å²) in [5.74, 6) is 0.453. The van der Waals surface area contributed by atoms with Gasteiger partial charge in [-0.15, -0.1) is 0 Å². The number of ether oxygens (including phenoxy) is 1. The van der Waals surface area contributed by atoms with Crippen molar-refractivity contribution in [1.29, 1.82) is 0 Å². The van der Waals surface area contributed by atoms with Crippen molar-refractivity contribution in [2.75, 3.05) is 19.1 Å². The molecule has 0 aliphatic heterocycles. The second kappa shape index (κ2) is 8.28. The highest BCUT2D eigenvalue weighted by molar-refractivity contribution is 6.31. The fourth-order valence-corrected chi connectivity index (χ4v) is 3.80. The number of hydrogen-bond acceptors (Lipinski definition) is 3. The monoisotopic (exact) mass is 432 g/mol. The van der Waals surface area contributed by atoms with Crippen LogP contribution in [0, 0.1) is 6.92 Å². The highest BCUT2D eigenvalue weighted by Crippen LogP contribution is 2.27. The van der Waals surface area contributed by atoms with Crippen molar-refractivity contribution in [3.8, 4) is 11.4 Å². The quantitative estimate of drug-likeness (QED) is 0.443. The third-order valence-corrected chi connectivity index (χ3v) is 5.58. The number of halogens is 1. The number of nitrogens with zero attached hydrogens (tertiary/aromatic N) is 2. The summed E-state index contributed by atoms with van der Waals surface area (Å²) in [6.07, 6.45) is 1.60. The first kappa shape index (κ1) is 20.7. The number of aromatic nitrogens is 1. The summed E-state index contributed by atoms with van der Waals surface area (Å²) in [5.41, 5.74) is 2.51. The van der Waals surface area contributed by atoms with Crippen LogP contribution >= 0.6 is 11.6 Å². The molecule has 0 saturated heterocycles. The van der Waals surface area contributed by atoms with Crippen molar-refractivity contribution >= 4 is 34.0 Å². The Kier molecular flexibility index (Phi) is 5.53. The maximum Gasteiger partial charge on any atom is 0.262 e. The molecule has 1 aromatic heterocycles. The number of pyridine rings is 1. The maximum atomic E-state index is 13.6. The summed E-state index contributed by atoms with van der Waals surface area (Å²) in [6.45, 7) is 1.92. The zero-order valence-corrected chi connectivity index (χ0v) is 18.2. The first-order valence-corrected chi connectivity index (χ1v) is 10.1. The van der Waals surface area contributed by atoms with Crippen molar-refractivity contribution in [3.05, 3.63) is 99.4 Å². The summed E-state index contributed by atoms with van der Waals surface area (Å²) < 4.78 is 6.70. The van der Waals surface area contributed by atoms with Crippen LogP contribution in [0.15, 0.2) is 77.7 Å². The van der Waals surface area contributed by atoms with E-state index in [1.54, 1.807) is 79.9 Å². The Bertz CT molecular complexity index is 1340. The Hall–Kier alpha value is -3.57. The molecule has 4 aromatic rings. The predicted molar refractivity (Wildman–Crippen MR) is 125 cm³/mol. The Balaban J connectivity index is 1.90. The van der Waals surface area contributed by atoms with Crippen LogP contribution in [0.2, 0.25) is 5.02 Å². The van der Waals surface area contributed by atoms with Crippen LogP contribution in [-0.4, -0.2) is 24.6 Å². The van der Waals surface area contributed by atoms with E-state index in [0.29, 0.717) is 38.5 Å². The third-order valence-electron chi connectivity index (χ3n) is 5.34. The number of methoxy groups -OCH3 is 1. The molecular weight excluding hydrogens is 412 g/mol. The van der Waals surface area contributed by atoms with Gasteiger partial charge in [0.15, 0.2) is 0 Å². The zero-order valence-electron chi connectivity index (χ0n) is 17.4. The van der Waals surface area contributed by atoms with E-state index in [9.17, 15) is 9.59 Å². The molecule has 0 fully saturated rings. The molecule has 1 heterocycles. The van der Waals surface area contributed by atoms with Crippen molar-refractivity contribution in [1.82, 2.24) is 4.57 Å². The summed E-state index contributed by atoms with van der Waals surface area (Å²) in [4.78, 5) is 28.3. The SMILES string of the molecule is COc1ccc(-n2cc(C(=O)N(C)c3cc(Cl)ccc3C)c3ccccc3c2=O)cc1. The molecule has 0 unspecified atom stereocenters. The van der Waals surface area contributed by atoms with Gasteiger partial charge < -0.3 is 9.64 Å². The van der Waals surface area contributed by atoms with Crippen LogP contribution in [0.5, 0.6) is 5.75 Å². The molecule has 4 rings (SSSR count). The van der Waals surface area contributed by atoms with E-state index in [1.807, 2.05) is 19.1 Å². The molecule has 156 valence electrons. The van der Waals surface area contributed by atoms with Gasteiger partial charge in [0, 0.05) is 40.4 Å². The van der Waals surface area contributed by atoms with Gasteiger partial charge in [-0.1, -0.05) is 35.9 Å². The van der Waals surface area contributed by atoms with E-state index >= 15 is 0 Å². The van der Waals surface area contributed by atoms with Gasteiger partial charge in [-0.05, 0) is 55.0 Å². The highest BCUT2D eigenvalue weighted by atomic mass is 35.5. The molecule has 0 N–H and O–H groups in total. The minimum Gasteiger partial charge on any atom is -0.497 e. The lowest BCUT2D eigenvalue weighted by Crippen LogP contribution is -2.29. The molecule has 0 aliphatic rings. The molecule has 0 bridgehead atoms. The molecule has 0 aliphatic carbocycles. The average molecular weight is 433 g/mol. The smallest absolute Gasteiger partial charge is 0.262 e. The standard InChI is InChI=1S/C25H21ClN2O3/c1-16-8-9-17(26)14-23(16)27(2)24(29)22-15-28(18-10-12-19(31-3)13-11-18)25(30)21-7-5-4-6-20(21)22/h4-15H,1-3H3. The second-order valence-corrected chi connectivity index (χ2v) is 7.69. The molecule has 3 aromatic carbocycles. The second-order valence-electron chi connectivity index (χ2n) is 7.26. The average Bonchev–Trinajstić information content (AvgIpc) is 2.80. The molecule has 1 amide bonds. The van der Waals surface area contributed by atoms with Gasteiger partial charge >= 0.3 is 0 Å². The summed E-state index contributed by atoms with van der Waals surface area (Å²) in [5, 5.41) is 1.63. The number of carbonyl (C=O) groups excluding carboxylic acids is 1. The lowest BCUT2D eigenvalue weighted by atomic mass is 10.1. The van der Waals surface area contributed by atoms with Crippen LogP contribution in [-0.2, 0) is 0 Å². The molecule has 0 spiro atoms. The number of carbonyl (C=O) groups is 1. The van der Waals surface area contributed by atoms with E-state index in [0.717, 1.165) is 5.56 Å². The first-order chi connectivity index (χ1) is 14.9. The van der Waals surface area contributed by atoms with Gasteiger partial charge in [-0.25, -0.2) is 0 Å². The van der Waals surface area contributed by atoms with E-state index in [2.05, 4.69) is 0 Å². The lowest BCUT2D eigenvalue weighted by Gasteiger charge is -2.21. The predicted octanol–water partition coefficient (Wildman–Crippen LogP) is 5.24. The molecule has 31 heavy (non-hydrogen) atoms. The molecular formula is C25H21ClN2O3. The maximum absolute atomic E-state index is 13.6. The van der Waals surface area contributed by atoms with Gasteiger partial charge in [0.1, 0.15) is 5.75 Å². The van der Waals surface area contributed by atoms with Crippen molar-refractivity contribution in [2.24, 2.45) is 0 Å². The zero-order chi connectivity index (χ0) is 22.1. The minimum atomic E-state index is -0.233. The molecule has 0 atom stereocenters. The summed E-state index contributed by atoms with van der Waals surface area (Å²) in [7, 11) is 3.29. The fourth-order valence-electron chi connectivity index (χ4n) is 3.63. The lowest BCUT2D eigenvalue weighted by molar-refractivity contribution is 0.0994. The van der Waals surface area contributed by atoms with Crippen LogP contribution in [0.4, 0.5) is 5.69 Å². The summed E-state index contributed by atoms with van der Waals surface area (Å²) >= 11 is 6.16. The topological polar surface area (TPSA) is 51.5 Å². The number of anilines is 1. The number of aryl methyl sites for hydroxylation is 1. The van der Waals surface area contributed by atoms with E-state index in [4.69, 9.17) is 16.3 Å². The largest absolute Gasteiger partial charge is 0.497 e. The first-order valence-electron chi connectivity index (χ1n) is 9.73. The Morgan fingerprint density at radius 2 is 1.68 bits per heavy atom. The van der Waals surface area contributed by atoms with Crippen LogP contribution < -0.4 is 15.2 Å².